The predicted octanol–water partition coefficient (Wildman–Crippen LogP) is 2.57. The monoisotopic (exact) mass is 155 g/mol. The lowest BCUT2D eigenvalue weighted by molar-refractivity contribution is 0.246. The van der Waals surface area contributed by atoms with Crippen molar-refractivity contribution < 1.29 is 0 Å². The van der Waals surface area contributed by atoms with Crippen molar-refractivity contribution in [2.24, 2.45) is 16.6 Å². The number of hydrogen-bond acceptors (Lipinski definition) is 1. The molecule has 0 aliphatic carbocycles. The summed E-state index contributed by atoms with van der Waals surface area (Å²) in [6.45, 7) is 13.3. The summed E-state index contributed by atoms with van der Waals surface area (Å²) in [4.78, 5) is 0. The quantitative estimate of drug-likeness (QED) is 0.620. The Labute approximate surface area is 70.7 Å². The van der Waals surface area contributed by atoms with E-state index >= 15 is 0 Å². The van der Waals surface area contributed by atoms with Crippen LogP contribution in [0.3, 0.4) is 0 Å². The largest absolute Gasteiger partial charge is 0.330 e. The van der Waals surface area contributed by atoms with E-state index < -0.39 is 0 Å². The fourth-order valence-electron chi connectivity index (χ4n) is 1.38. The van der Waals surface area contributed by atoms with Gasteiger partial charge in [0.25, 0.3) is 0 Å². The molecule has 0 saturated carbocycles. The third kappa shape index (κ3) is 4.20. The lowest BCUT2D eigenvalue weighted by Crippen LogP contribution is -2.29. The third-order valence-electron chi connectivity index (χ3n) is 2.04. The summed E-state index contributed by atoms with van der Waals surface area (Å²) in [5, 5.41) is 0. The van der Waals surface area contributed by atoms with Crippen LogP contribution in [0.1, 0.15) is 34.1 Å². The van der Waals surface area contributed by atoms with Crippen molar-refractivity contribution in [1.82, 2.24) is 0 Å². The second-order valence-corrected chi connectivity index (χ2v) is 4.74. The van der Waals surface area contributed by atoms with Gasteiger partial charge in [-0.15, -0.1) is 6.58 Å². The highest BCUT2D eigenvalue weighted by Crippen LogP contribution is 2.33. The molecule has 0 heterocycles. The van der Waals surface area contributed by atoms with E-state index in [4.69, 9.17) is 5.73 Å². The van der Waals surface area contributed by atoms with E-state index in [2.05, 4.69) is 34.3 Å². The van der Waals surface area contributed by atoms with Gasteiger partial charge in [0, 0.05) is 0 Å². The zero-order valence-electron chi connectivity index (χ0n) is 8.28. The maximum atomic E-state index is 5.63. The van der Waals surface area contributed by atoms with Crippen molar-refractivity contribution in [3.05, 3.63) is 12.7 Å². The fourth-order valence-corrected chi connectivity index (χ4v) is 1.38. The zero-order valence-corrected chi connectivity index (χ0v) is 8.28. The van der Waals surface area contributed by atoms with Crippen LogP contribution in [-0.2, 0) is 0 Å². The molecule has 0 bridgehead atoms. The van der Waals surface area contributed by atoms with E-state index in [-0.39, 0.29) is 10.8 Å². The molecule has 0 aliphatic rings. The van der Waals surface area contributed by atoms with Crippen LogP contribution >= 0.6 is 0 Å². The molecule has 66 valence electrons. The minimum absolute atomic E-state index is 0.211. The van der Waals surface area contributed by atoms with Crippen molar-refractivity contribution in [3.63, 3.8) is 0 Å². The number of hydrogen-bond donors (Lipinski definition) is 1. The predicted molar refractivity (Wildman–Crippen MR) is 51.4 cm³/mol. The van der Waals surface area contributed by atoms with Gasteiger partial charge in [0.2, 0.25) is 0 Å². The summed E-state index contributed by atoms with van der Waals surface area (Å²) in [6, 6.07) is 0. The number of rotatable bonds is 4. The fraction of sp³-hybridized carbons (Fsp3) is 0.800. The van der Waals surface area contributed by atoms with Crippen LogP contribution < -0.4 is 5.73 Å². The van der Waals surface area contributed by atoms with Gasteiger partial charge in [0.15, 0.2) is 0 Å². The van der Waals surface area contributed by atoms with Gasteiger partial charge in [0.05, 0.1) is 0 Å². The maximum Gasteiger partial charge on any atom is -0.00255 e. The molecule has 0 unspecified atom stereocenters. The molecule has 0 aromatic carbocycles. The van der Waals surface area contributed by atoms with Crippen LogP contribution in [0.15, 0.2) is 12.7 Å². The topological polar surface area (TPSA) is 26.0 Å². The van der Waals surface area contributed by atoms with Crippen LogP contribution in [0, 0.1) is 10.8 Å². The van der Waals surface area contributed by atoms with Gasteiger partial charge in [-0.1, -0.05) is 33.8 Å². The van der Waals surface area contributed by atoms with Gasteiger partial charge < -0.3 is 5.73 Å². The van der Waals surface area contributed by atoms with Crippen molar-refractivity contribution in [3.8, 4) is 0 Å². The van der Waals surface area contributed by atoms with Gasteiger partial charge in [-0.3, -0.25) is 0 Å². The summed E-state index contributed by atoms with van der Waals surface area (Å²) in [5.41, 5.74) is 6.08. The van der Waals surface area contributed by atoms with Gasteiger partial charge in [-0.25, -0.2) is 0 Å². The Hall–Kier alpha value is -0.300. The Morgan fingerprint density at radius 1 is 1.27 bits per heavy atom. The zero-order chi connectivity index (χ0) is 9.12. The second-order valence-electron chi connectivity index (χ2n) is 4.74. The van der Waals surface area contributed by atoms with Crippen LogP contribution in [0.5, 0.6) is 0 Å². The third-order valence-corrected chi connectivity index (χ3v) is 2.04. The average Bonchev–Trinajstić information content (AvgIpc) is 1.86. The maximum absolute atomic E-state index is 5.63. The molecule has 0 fully saturated rings. The summed E-state index contributed by atoms with van der Waals surface area (Å²) in [7, 11) is 0. The molecule has 0 rings (SSSR count). The Balaban J connectivity index is 4.12. The molecule has 11 heavy (non-hydrogen) atoms. The molecule has 0 aromatic heterocycles. The molecule has 0 atom stereocenters. The highest BCUT2D eigenvalue weighted by atomic mass is 14.6. The molecule has 0 aromatic rings. The van der Waals surface area contributed by atoms with Crippen molar-refractivity contribution in [2.75, 3.05) is 6.54 Å². The lowest BCUT2D eigenvalue weighted by atomic mass is 9.75. The molecular formula is C10H21N. The molecule has 0 amide bonds. The molecular weight excluding hydrogens is 134 g/mol. The molecule has 0 aliphatic heterocycles. The standard InChI is InChI=1S/C10H21N/c1-6-9(2,3)7-10(4,5)8-11/h6H,1,7-8,11H2,2-5H3. The van der Waals surface area contributed by atoms with Crippen molar-refractivity contribution in [2.45, 2.75) is 34.1 Å². The highest BCUT2D eigenvalue weighted by Gasteiger charge is 2.24. The lowest BCUT2D eigenvalue weighted by Gasteiger charge is -2.31. The summed E-state index contributed by atoms with van der Waals surface area (Å²) < 4.78 is 0. The van der Waals surface area contributed by atoms with Crippen molar-refractivity contribution in [1.29, 1.82) is 0 Å². The van der Waals surface area contributed by atoms with E-state index in [1.807, 2.05) is 6.08 Å². The Morgan fingerprint density at radius 3 is 2.00 bits per heavy atom. The highest BCUT2D eigenvalue weighted by molar-refractivity contribution is 4.91. The molecule has 0 spiro atoms. The normalized spacial score (nSPS) is 13.2. The van der Waals surface area contributed by atoms with E-state index in [1.54, 1.807) is 0 Å². The summed E-state index contributed by atoms with van der Waals surface area (Å²) in [6.07, 6.45) is 3.10. The first-order valence-electron chi connectivity index (χ1n) is 4.17. The minimum Gasteiger partial charge on any atom is -0.330 e. The van der Waals surface area contributed by atoms with E-state index in [0.717, 1.165) is 13.0 Å². The number of nitrogens with two attached hydrogens (primary N) is 1. The first-order valence-corrected chi connectivity index (χ1v) is 4.17. The molecule has 2 N–H and O–H groups in total. The van der Waals surface area contributed by atoms with Gasteiger partial charge in [-0.2, -0.15) is 0 Å². The van der Waals surface area contributed by atoms with Crippen LogP contribution in [-0.4, -0.2) is 6.54 Å². The Bertz CT molecular complexity index is 134. The second kappa shape index (κ2) is 3.40. The molecule has 1 nitrogen and oxygen atoms in total. The van der Waals surface area contributed by atoms with E-state index in [0.29, 0.717) is 0 Å². The molecule has 0 saturated heterocycles. The van der Waals surface area contributed by atoms with Crippen LogP contribution in [0.4, 0.5) is 0 Å². The SMILES string of the molecule is C=CC(C)(C)CC(C)(C)CN. The van der Waals surface area contributed by atoms with Gasteiger partial charge in [-0.05, 0) is 23.8 Å². The Kier molecular flexibility index (Phi) is 3.30. The summed E-state index contributed by atoms with van der Waals surface area (Å²) in [5.74, 6) is 0. The van der Waals surface area contributed by atoms with Gasteiger partial charge in [0.1, 0.15) is 0 Å². The van der Waals surface area contributed by atoms with Crippen molar-refractivity contribution >= 4 is 0 Å². The minimum atomic E-state index is 0.211. The summed E-state index contributed by atoms with van der Waals surface area (Å²) >= 11 is 0. The van der Waals surface area contributed by atoms with Crippen LogP contribution in [0.2, 0.25) is 0 Å². The first kappa shape index (κ1) is 10.7. The van der Waals surface area contributed by atoms with E-state index in [1.165, 1.54) is 0 Å². The Morgan fingerprint density at radius 2 is 1.73 bits per heavy atom. The van der Waals surface area contributed by atoms with E-state index in [9.17, 15) is 0 Å². The molecule has 0 radical (unpaired) electrons. The molecule has 1 heteroatoms. The average molecular weight is 155 g/mol. The smallest absolute Gasteiger partial charge is 0.00255 e. The number of allylic oxidation sites excluding steroid dienone is 1. The first-order chi connectivity index (χ1) is 4.83. The van der Waals surface area contributed by atoms with Gasteiger partial charge >= 0.3 is 0 Å². The van der Waals surface area contributed by atoms with Crippen LogP contribution in [0.25, 0.3) is 0 Å².